The maximum Gasteiger partial charge on any atom is 0.244 e. The van der Waals surface area contributed by atoms with Crippen molar-refractivity contribution in [3.63, 3.8) is 0 Å². The van der Waals surface area contributed by atoms with Crippen molar-refractivity contribution in [1.82, 2.24) is 14.8 Å². The Balaban J connectivity index is 1.81. The van der Waals surface area contributed by atoms with E-state index >= 15 is 0 Å². The summed E-state index contributed by atoms with van der Waals surface area (Å²) in [5, 5.41) is 19.8. The van der Waals surface area contributed by atoms with Gasteiger partial charge in [-0.2, -0.15) is 5.26 Å². The number of benzene rings is 2. The van der Waals surface area contributed by atoms with E-state index in [0.717, 1.165) is 23.4 Å². The van der Waals surface area contributed by atoms with E-state index < -0.39 is 0 Å². The highest BCUT2D eigenvalue weighted by atomic mass is 16.5. The second kappa shape index (κ2) is 6.64. The quantitative estimate of drug-likeness (QED) is 0.482. The number of rotatable bonds is 2. The number of H-pyrrole nitrogens is 1. The average molecular weight is 412 g/mol. The van der Waals surface area contributed by atoms with Crippen LogP contribution in [0.1, 0.15) is 50.4 Å². The fraction of sp³-hybridized carbons (Fsp3) is 0.280. The number of para-hydroxylation sites is 1. The summed E-state index contributed by atoms with van der Waals surface area (Å²) < 4.78 is 8.05. The number of hydrogen-bond donors (Lipinski definition) is 2. The standard InChI is InChI=1S/C25H25N5O/c1-5-30-18-9-7-6-8-15(18)16-12-14(10-11-19(16)30)20-17(13-26)23(27)31-24-21(20)22(28-29-24)25(2,3)4/h6-12,20H,5,27H2,1-4H3,(H,28,29). The molecule has 0 saturated carbocycles. The first-order valence-electron chi connectivity index (χ1n) is 10.5. The molecule has 0 spiro atoms. The molecule has 6 heteroatoms. The molecule has 1 aliphatic rings. The fourth-order valence-electron chi connectivity index (χ4n) is 4.74. The molecule has 0 bridgehead atoms. The van der Waals surface area contributed by atoms with Gasteiger partial charge in [0.2, 0.25) is 11.8 Å². The summed E-state index contributed by atoms with van der Waals surface area (Å²) in [4.78, 5) is 0. The predicted molar refractivity (Wildman–Crippen MR) is 122 cm³/mol. The summed E-state index contributed by atoms with van der Waals surface area (Å²) in [6.07, 6.45) is 0. The Hall–Kier alpha value is -3.72. The second-order valence-electron chi connectivity index (χ2n) is 9.03. The highest BCUT2D eigenvalue weighted by molar-refractivity contribution is 6.08. The van der Waals surface area contributed by atoms with Crippen molar-refractivity contribution >= 4 is 21.8 Å². The number of aryl methyl sites for hydroxylation is 1. The van der Waals surface area contributed by atoms with Crippen molar-refractivity contribution in [2.24, 2.45) is 5.73 Å². The number of hydrogen-bond acceptors (Lipinski definition) is 4. The first-order chi connectivity index (χ1) is 14.8. The number of allylic oxidation sites excluding steroid dienone is 1. The third kappa shape index (κ3) is 2.73. The van der Waals surface area contributed by atoms with Crippen LogP contribution in [0.15, 0.2) is 53.9 Å². The maximum absolute atomic E-state index is 9.97. The van der Waals surface area contributed by atoms with Crippen LogP contribution in [-0.2, 0) is 12.0 Å². The molecule has 1 aliphatic heterocycles. The number of aromatic amines is 1. The topological polar surface area (TPSA) is 92.7 Å². The third-order valence-corrected chi connectivity index (χ3v) is 6.13. The molecule has 6 nitrogen and oxygen atoms in total. The Morgan fingerprint density at radius 1 is 1.16 bits per heavy atom. The van der Waals surface area contributed by atoms with Crippen molar-refractivity contribution in [3.05, 3.63) is 70.7 Å². The molecule has 0 radical (unpaired) electrons. The van der Waals surface area contributed by atoms with Gasteiger partial charge in [-0.3, -0.25) is 5.10 Å². The summed E-state index contributed by atoms with van der Waals surface area (Å²) in [6.45, 7) is 9.39. The van der Waals surface area contributed by atoms with Gasteiger partial charge in [-0.25, -0.2) is 0 Å². The van der Waals surface area contributed by atoms with E-state index in [2.05, 4.69) is 91.0 Å². The largest absolute Gasteiger partial charge is 0.420 e. The Morgan fingerprint density at radius 3 is 2.61 bits per heavy atom. The Morgan fingerprint density at radius 2 is 1.90 bits per heavy atom. The van der Waals surface area contributed by atoms with Gasteiger partial charge in [0, 0.05) is 39.5 Å². The summed E-state index contributed by atoms with van der Waals surface area (Å²) in [5.41, 5.74) is 11.6. The van der Waals surface area contributed by atoms with Gasteiger partial charge < -0.3 is 15.0 Å². The number of ether oxygens (including phenoxy) is 1. The zero-order valence-electron chi connectivity index (χ0n) is 18.2. The predicted octanol–water partition coefficient (Wildman–Crippen LogP) is 5.05. The van der Waals surface area contributed by atoms with Crippen LogP contribution in [0.4, 0.5) is 0 Å². The molecule has 0 fully saturated rings. The summed E-state index contributed by atoms with van der Waals surface area (Å²) >= 11 is 0. The fourth-order valence-corrected chi connectivity index (χ4v) is 4.74. The highest BCUT2D eigenvalue weighted by Gasteiger charge is 2.38. The van der Waals surface area contributed by atoms with Crippen LogP contribution in [-0.4, -0.2) is 14.8 Å². The molecule has 0 amide bonds. The zero-order valence-corrected chi connectivity index (χ0v) is 18.2. The number of nitrogens with zero attached hydrogens (tertiary/aromatic N) is 3. The lowest BCUT2D eigenvalue weighted by atomic mass is 9.78. The van der Waals surface area contributed by atoms with E-state index in [-0.39, 0.29) is 17.2 Å². The van der Waals surface area contributed by atoms with E-state index in [4.69, 9.17) is 10.5 Å². The first kappa shape index (κ1) is 19.3. The molecular formula is C25H25N5O. The highest BCUT2D eigenvalue weighted by Crippen LogP contribution is 2.46. The molecule has 3 heterocycles. The van der Waals surface area contributed by atoms with Crippen LogP contribution < -0.4 is 10.5 Å². The molecule has 0 aliphatic carbocycles. The lowest BCUT2D eigenvalue weighted by Gasteiger charge is -2.27. The molecule has 4 aromatic rings. The van der Waals surface area contributed by atoms with Gasteiger partial charge in [0.15, 0.2) is 0 Å². The first-order valence-corrected chi connectivity index (χ1v) is 10.5. The van der Waals surface area contributed by atoms with Gasteiger partial charge in [0.25, 0.3) is 0 Å². The summed E-state index contributed by atoms with van der Waals surface area (Å²) in [6, 6.07) is 17.2. The van der Waals surface area contributed by atoms with Crippen LogP contribution in [0.3, 0.4) is 0 Å². The molecule has 31 heavy (non-hydrogen) atoms. The Kier molecular flexibility index (Phi) is 4.13. The van der Waals surface area contributed by atoms with Gasteiger partial charge in [-0.05, 0) is 30.7 Å². The smallest absolute Gasteiger partial charge is 0.244 e. The number of nitrogens with two attached hydrogens (primary N) is 1. The maximum atomic E-state index is 9.97. The Labute approximate surface area is 180 Å². The number of fused-ring (bicyclic) bond motifs is 4. The van der Waals surface area contributed by atoms with Gasteiger partial charge in [0.1, 0.15) is 11.6 Å². The average Bonchev–Trinajstić information content (AvgIpc) is 3.31. The molecule has 2 aromatic carbocycles. The van der Waals surface area contributed by atoms with E-state index in [1.165, 1.54) is 21.8 Å². The van der Waals surface area contributed by atoms with Crippen LogP contribution in [0.2, 0.25) is 0 Å². The van der Waals surface area contributed by atoms with Crippen molar-refractivity contribution in [3.8, 4) is 11.9 Å². The normalized spacial score (nSPS) is 16.4. The van der Waals surface area contributed by atoms with E-state index in [0.29, 0.717) is 11.5 Å². The lowest BCUT2D eigenvalue weighted by Crippen LogP contribution is -2.23. The molecular weight excluding hydrogens is 386 g/mol. The van der Waals surface area contributed by atoms with E-state index in [9.17, 15) is 5.26 Å². The van der Waals surface area contributed by atoms with Crippen molar-refractivity contribution in [2.45, 2.75) is 45.6 Å². The lowest BCUT2D eigenvalue weighted by molar-refractivity contribution is 0.378. The summed E-state index contributed by atoms with van der Waals surface area (Å²) in [7, 11) is 0. The minimum Gasteiger partial charge on any atom is -0.420 e. The van der Waals surface area contributed by atoms with Crippen molar-refractivity contribution in [1.29, 1.82) is 5.26 Å². The van der Waals surface area contributed by atoms with Gasteiger partial charge >= 0.3 is 0 Å². The molecule has 1 atom stereocenters. The SMILES string of the molecule is CCn1c2ccccc2c2cc(C3C(C#N)=C(N)Oc4n[nH]c(C(C)(C)C)c43)ccc21. The molecule has 5 rings (SSSR count). The monoisotopic (exact) mass is 411 g/mol. The third-order valence-electron chi connectivity index (χ3n) is 6.13. The Bertz CT molecular complexity index is 1410. The second-order valence-corrected chi connectivity index (χ2v) is 9.03. The molecule has 3 N–H and O–H groups in total. The van der Waals surface area contributed by atoms with Gasteiger partial charge in [0.05, 0.1) is 11.5 Å². The number of nitriles is 1. The minimum absolute atomic E-state index is 0.114. The molecule has 156 valence electrons. The van der Waals surface area contributed by atoms with Crippen molar-refractivity contribution < 1.29 is 4.74 Å². The molecule has 1 unspecified atom stereocenters. The van der Waals surface area contributed by atoms with Crippen LogP contribution in [0, 0.1) is 11.3 Å². The summed E-state index contributed by atoms with van der Waals surface area (Å²) in [5.74, 6) is 0.223. The number of nitrogens with one attached hydrogen (secondary N) is 1. The van der Waals surface area contributed by atoms with Crippen molar-refractivity contribution in [2.75, 3.05) is 0 Å². The van der Waals surface area contributed by atoms with Crippen LogP contribution in [0.5, 0.6) is 5.88 Å². The molecule has 2 aromatic heterocycles. The zero-order chi connectivity index (χ0) is 21.9. The number of aromatic nitrogens is 3. The van der Waals surface area contributed by atoms with Crippen LogP contribution in [0.25, 0.3) is 21.8 Å². The van der Waals surface area contributed by atoms with E-state index in [1.807, 2.05) is 0 Å². The molecule has 0 saturated heterocycles. The minimum atomic E-state index is -0.338. The van der Waals surface area contributed by atoms with Gasteiger partial charge in [-0.15, -0.1) is 5.10 Å². The van der Waals surface area contributed by atoms with Crippen LogP contribution >= 0.6 is 0 Å². The van der Waals surface area contributed by atoms with E-state index in [1.54, 1.807) is 0 Å². The van der Waals surface area contributed by atoms with Gasteiger partial charge in [-0.1, -0.05) is 45.0 Å².